The van der Waals surface area contributed by atoms with Crippen molar-refractivity contribution in [3.8, 4) is 0 Å². The quantitative estimate of drug-likeness (QED) is 0.727. The maximum atomic E-state index is 11.7. The maximum absolute atomic E-state index is 11.7. The molecule has 0 spiro atoms. The Bertz CT molecular complexity index is 432. The molecule has 1 aromatic rings. The van der Waals surface area contributed by atoms with Gasteiger partial charge in [-0.2, -0.15) is 0 Å². The summed E-state index contributed by atoms with van der Waals surface area (Å²) in [6.07, 6.45) is 0. The van der Waals surface area contributed by atoms with Gasteiger partial charge in [-0.3, -0.25) is 9.59 Å². The molecule has 1 atom stereocenters. The Morgan fingerprint density at radius 1 is 1.39 bits per heavy atom. The molecule has 5 nitrogen and oxygen atoms in total. The molecule has 1 rings (SSSR count). The fourth-order valence-corrected chi connectivity index (χ4v) is 1.37. The van der Waals surface area contributed by atoms with E-state index < -0.39 is 0 Å². The number of carbonyl (C=O) groups excluding carboxylic acids is 2. The van der Waals surface area contributed by atoms with Crippen molar-refractivity contribution in [2.24, 2.45) is 11.7 Å². The Balaban J connectivity index is 2.76. The van der Waals surface area contributed by atoms with Crippen molar-refractivity contribution in [3.05, 3.63) is 29.8 Å². The third-order valence-electron chi connectivity index (χ3n) is 2.53. The van der Waals surface area contributed by atoms with Gasteiger partial charge in [0.2, 0.25) is 5.91 Å². The van der Waals surface area contributed by atoms with E-state index in [-0.39, 0.29) is 17.7 Å². The van der Waals surface area contributed by atoms with Gasteiger partial charge in [0.05, 0.1) is 0 Å². The van der Waals surface area contributed by atoms with E-state index >= 15 is 0 Å². The molecule has 0 saturated carbocycles. The summed E-state index contributed by atoms with van der Waals surface area (Å²) in [7, 11) is 0. The molecule has 0 aliphatic carbocycles. The zero-order valence-corrected chi connectivity index (χ0v) is 10.7. The molecule has 0 aliphatic heterocycles. The highest BCUT2D eigenvalue weighted by Gasteiger charge is 2.11. The summed E-state index contributed by atoms with van der Waals surface area (Å²) < 4.78 is 0. The lowest BCUT2D eigenvalue weighted by Crippen LogP contribution is -2.27. The zero-order valence-electron chi connectivity index (χ0n) is 10.7. The van der Waals surface area contributed by atoms with Crippen LogP contribution < -0.4 is 16.4 Å². The fraction of sp³-hybridized carbons (Fsp3) is 0.385. The Morgan fingerprint density at radius 2 is 2.11 bits per heavy atom. The second-order valence-corrected chi connectivity index (χ2v) is 4.07. The van der Waals surface area contributed by atoms with E-state index in [1.54, 1.807) is 31.2 Å². The fourth-order valence-electron chi connectivity index (χ4n) is 1.37. The van der Waals surface area contributed by atoms with Gasteiger partial charge in [0, 0.05) is 30.3 Å². The summed E-state index contributed by atoms with van der Waals surface area (Å²) in [5.74, 6) is -0.552. The molecule has 0 bridgehead atoms. The largest absolute Gasteiger partial charge is 0.352 e. The second kappa shape index (κ2) is 6.76. The summed E-state index contributed by atoms with van der Waals surface area (Å²) in [4.78, 5) is 23.3. The smallest absolute Gasteiger partial charge is 0.251 e. The van der Waals surface area contributed by atoms with E-state index in [2.05, 4.69) is 10.6 Å². The zero-order chi connectivity index (χ0) is 13.5. The summed E-state index contributed by atoms with van der Waals surface area (Å²) in [6, 6.07) is 6.82. The number of hydrogen-bond donors (Lipinski definition) is 3. The first-order chi connectivity index (χ1) is 8.58. The van der Waals surface area contributed by atoms with Crippen molar-refractivity contribution in [2.45, 2.75) is 13.8 Å². The van der Waals surface area contributed by atoms with Crippen molar-refractivity contribution in [1.29, 1.82) is 0 Å². The maximum Gasteiger partial charge on any atom is 0.251 e. The van der Waals surface area contributed by atoms with Crippen LogP contribution in [0.15, 0.2) is 24.3 Å². The second-order valence-electron chi connectivity index (χ2n) is 4.07. The van der Waals surface area contributed by atoms with E-state index in [1.807, 2.05) is 6.92 Å². The number of carbonyl (C=O) groups is 2. The summed E-state index contributed by atoms with van der Waals surface area (Å²) >= 11 is 0. The molecule has 1 unspecified atom stereocenters. The molecule has 98 valence electrons. The number of benzene rings is 1. The van der Waals surface area contributed by atoms with E-state index in [0.29, 0.717) is 24.3 Å². The van der Waals surface area contributed by atoms with Crippen LogP contribution in [0.3, 0.4) is 0 Å². The minimum atomic E-state index is -0.252. The molecule has 0 saturated heterocycles. The lowest BCUT2D eigenvalue weighted by Gasteiger charge is -2.10. The van der Waals surface area contributed by atoms with Gasteiger partial charge in [-0.25, -0.2) is 0 Å². The van der Waals surface area contributed by atoms with Gasteiger partial charge >= 0.3 is 0 Å². The van der Waals surface area contributed by atoms with Gasteiger partial charge in [-0.1, -0.05) is 13.0 Å². The predicted molar refractivity (Wildman–Crippen MR) is 71.3 cm³/mol. The van der Waals surface area contributed by atoms with Gasteiger partial charge in [-0.05, 0) is 25.1 Å². The normalized spacial score (nSPS) is 11.7. The van der Waals surface area contributed by atoms with Crippen LogP contribution in [0.5, 0.6) is 0 Å². The number of anilines is 1. The molecule has 5 heteroatoms. The standard InChI is InChI=1S/C13H19N3O2/c1-3-15-13(18)10-5-4-6-11(7-10)16-12(17)9(2)8-14/h4-7,9H,3,8,14H2,1-2H3,(H,15,18)(H,16,17). The molecule has 0 heterocycles. The van der Waals surface area contributed by atoms with Crippen molar-refractivity contribution in [2.75, 3.05) is 18.4 Å². The molecule has 0 aliphatic rings. The highest BCUT2D eigenvalue weighted by molar-refractivity contribution is 5.97. The van der Waals surface area contributed by atoms with Crippen LogP contribution >= 0.6 is 0 Å². The molecule has 4 N–H and O–H groups in total. The molecule has 0 radical (unpaired) electrons. The van der Waals surface area contributed by atoms with Crippen LogP contribution in [0.1, 0.15) is 24.2 Å². The SMILES string of the molecule is CCNC(=O)c1cccc(NC(=O)C(C)CN)c1. The summed E-state index contributed by atoms with van der Waals surface area (Å²) in [5, 5.41) is 5.44. The minimum Gasteiger partial charge on any atom is -0.352 e. The first-order valence-corrected chi connectivity index (χ1v) is 5.97. The van der Waals surface area contributed by atoms with Crippen molar-refractivity contribution in [3.63, 3.8) is 0 Å². The molecule has 18 heavy (non-hydrogen) atoms. The Hall–Kier alpha value is -1.88. The van der Waals surface area contributed by atoms with Crippen LogP contribution in [0, 0.1) is 5.92 Å². The van der Waals surface area contributed by atoms with Crippen molar-refractivity contribution < 1.29 is 9.59 Å². The average molecular weight is 249 g/mol. The van der Waals surface area contributed by atoms with E-state index in [9.17, 15) is 9.59 Å². The number of hydrogen-bond acceptors (Lipinski definition) is 3. The predicted octanol–water partition coefficient (Wildman–Crippen LogP) is 0.970. The van der Waals surface area contributed by atoms with Gasteiger partial charge < -0.3 is 16.4 Å². The van der Waals surface area contributed by atoms with E-state index in [4.69, 9.17) is 5.73 Å². The van der Waals surface area contributed by atoms with Crippen LogP contribution in [-0.4, -0.2) is 24.9 Å². The summed E-state index contributed by atoms with van der Waals surface area (Å²) in [6.45, 7) is 4.47. The van der Waals surface area contributed by atoms with Crippen LogP contribution in [0.4, 0.5) is 5.69 Å². The highest BCUT2D eigenvalue weighted by atomic mass is 16.2. The van der Waals surface area contributed by atoms with Crippen molar-refractivity contribution >= 4 is 17.5 Å². The van der Waals surface area contributed by atoms with Gasteiger partial charge in [-0.15, -0.1) is 0 Å². The molecule has 0 fully saturated rings. The van der Waals surface area contributed by atoms with Crippen LogP contribution in [0.25, 0.3) is 0 Å². The monoisotopic (exact) mass is 249 g/mol. The molecule has 0 aromatic heterocycles. The average Bonchev–Trinajstić information content (AvgIpc) is 2.38. The molecular weight excluding hydrogens is 230 g/mol. The third kappa shape index (κ3) is 3.85. The molecule has 2 amide bonds. The van der Waals surface area contributed by atoms with Crippen LogP contribution in [0.2, 0.25) is 0 Å². The Morgan fingerprint density at radius 3 is 2.72 bits per heavy atom. The lowest BCUT2D eigenvalue weighted by atomic mass is 10.1. The number of nitrogens with one attached hydrogen (secondary N) is 2. The Kier molecular flexibility index (Phi) is 5.32. The van der Waals surface area contributed by atoms with Gasteiger partial charge in [0.25, 0.3) is 5.91 Å². The molecule has 1 aromatic carbocycles. The lowest BCUT2D eigenvalue weighted by molar-refractivity contribution is -0.119. The number of amides is 2. The van der Waals surface area contributed by atoms with E-state index in [0.717, 1.165) is 0 Å². The van der Waals surface area contributed by atoms with E-state index in [1.165, 1.54) is 0 Å². The van der Waals surface area contributed by atoms with Crippen LogP contribution in [-0.2, 0) is 4.79 Å². The first kappa shape index (κ1) is 14.2. The first-order valence-electron chi connectivity index (χ1n) is 5.97. The van der Waals surface area contributed by atoms with Gasteiger partial charge in [0.15, 0.2) is 0 Å². The number of rotatable bonds is 5. The van der Waals surface area contributed by atoms with Crippen molar-refractivity contribution in [1.82, 2.24) is 5.32 Å². The molecular formula is C13H19N3O2. The highest BCUT2D eigenvalue weighted by Crippen LogP contribution is 2.11. The third-order valence-corrected chi connectivity index (χ3v) is 2.53. The topological polar surface area (TPSA) is 84.2 Å². The Labute approximate surface area is 107 Å². The summed E-state index contributed by atoms with van der Waals surface area (Å²) in [5.41, 5.74) is 6.54. The number of nitrogens with two attached hydrogens (primary N) is 1. The van der Waals surface area contributed by atoms with Gasteiger partial charge in [0.1, 0.15) is 0 Å². The minimum absolute atomic E-state index is 0.148.